The van der Waals surface area contributed by atoms with E-state index in [0.29, 0.717) is 0 Å². The molecule has 0 atom stereocenters. The van der Waals surface area contributed by atoms with Gasteiger partial charge < -0.3 is 5.11 Å². The van der Waals surface area contributed by atoms with Crippen molar-refractivity contribution in [3.63, 3.8) is 0 Å². The molecule has 1 rings (SSSR count). The van der Waals surface area contributed by atoms with E-state index in [1.165, 1.54) is 44.9 Å². The third-order valence-corrected chi connectivity index (χ3v) is 2.39. The normalized spacial score (nSPS) is 17.4. The van der Waals surface area contributed by atoms with Crippen molar-refractivity contribution in [2.75, 3.05) is 0 Å². The first-order chi connectivity index (χ1) is 6.81. The number of carboxylic acid groups (broad SMARTS) is 1. The SMILES string of the molecule is CC.CC1CCCCCCC1.O=CO. The van der Waals surface area contributed by atoms with Gasteiger partial charge in [-0.15, -0.1) is 0 Å². The lowest BCUT2D eigenvalue weighted by Crippen LogP contribution is -1.97. The first kappa shape index (κ1) is 15.9. The van der Waals surface area contributed by atoms with Crippen LogP contribution in [0.2, 0.25) is 0 Å². The molecule has 0 saturated heterocycles. The van der Waals surface area contributed by atoms with E-state index in [1.807, 2.05) is 13.8 Å². The molecule has 0 bridgehead atoms. The van der Waals surface area contributed by atoms with Gasteiger partial charge in [0, 0.05) is 0 Å². The van der Waals surface area contributed by atoms with E-state index in [-0.39, 0.29) is 6.47 Å². The molecule has 1 aliphatic carbocycles. The summed E-state index contributed by atoms with van der Waals surface area (Å²) in [6.45, 7) is 6.14. The molecule has 1 fully saturated rings. The summed E-state index contributed by atoms with van der Waals surface area (Å²) in [5.41, 5.74) is 0. The van der Waals surface area contributed by atoms with Crippen LogP contribution in [0, 0.1) is 5.92 Å². The maximum Gasteiger partial charge on any atom is 0.290 e. The lowest BCUT2D eigenvalue weighted by molar-refractivity contribution is -0.122. The third kappa shape index (κ3) is 14.0. The Kier molecular flexibility index (Phi) is 17.0. The van der Waals surface area contributed by atoms with Gasteiger partial charge in [-0.1, -0.05) is 65.7 Å². The third-order valence-electron chi connectivity index (χ3n) is 2.39. The molecule has 0 aliphatic heterocycles. The molecule has 0 unspecified atom stereocenters. The van der Waals surface area contributed by atoms with Crippen molar-refractivity contribution in [3.8, 4) is 0 Å². The minimum Gasteiger partial charge on any atom is -0.483 e. The second-order valence-corrected chi connectivity index (χ2v) is 3.56. The van der Waals surface area contributed by atoms with Crippen LogP contribution < -0.4 is 0 Å². The van der Waals surface area contributed by atoms with Crippen LogP contribution in [-0.4, -0.2) is 11.6 Å². The molecule has 1 N–H and O–H groups in total. The monoisotopic (exact) mass is 202 g/mol. The first-order valence-electron chi connectivity index (χ1n) is 5.89. The van der Waals surface area contributed by atoms with E-state index >= 15 is 0 Å². The second-order valence-electron chi connectivity index (χ2n) is 3.56. The van der Waals surface area contributed by atoms with Gasteiger partial charge in [0.15, 0.2) is 0 Å². The summed E-state index contributed by atoms with van der Waals surface area (Å²) in [5.74, 6) is 1.02. The van der Waals surface area contributed by atoms with Gasteiger partial charge in [-0.25, -0.2) is 0 Å². The molecule has 86 valence electrons. The Hall–Kier alpha value is -0.530. The van der Waals surface area contributed by atoms with E-state index in [1.54, 1.807) is 0 Å². The minimum atomic E-state index is -0.250. The second kappa shape index (κ2) is 15.0. The molecule has 2 nitrogen and oxygen atoms in total. The average Bonchev–Trinajstić information content (AvgIpc) is 2.16. The summed E-state index contributed by atoms with van der Waals surface area (Å²) in [5, 5.41) is 6.89. The van der Waals surface area contributed by atoms with Crippen LogP contribution >= 0.6 is 0 Å². The van der Waals surface area contributed by atoms with Gasteiger partial charge in [0.25, 0.3) is 6.47 Å². The van der Waals surface area contributed by atoms with Gasteiger partial charge in [0.05, 0.1) is 0 Å². The van der Waals surface area contributed by atoms with Crippen LogP contribution in [0.1, 0.15) is 65.7 Å². The Morgan fingerprint density at radius 3 is 1.64 bits per heavy atom. The first-order valence-corrected chi connectivity index (χ1v) is 5.89. The maximum absolute atomic E-state index is 8.36. The van der Waals surface area contributed by atoms with Gasteiger partial charge in [-0.05, 0) is 5.92 Å². The summed E-state index contributed by atoms with van der Waals surface area (Å²) >= 11 is 0. The molecule has 0 amide bonds. The van der Waals surface area contributed by atoms with E-state index in [4.69, 9.17) is 9.90 Å². The molecular weight excluding hydrogens is 176 g/mol. The number of carbonyl (C=O) groups is 1. The highest BCUT2D eigenvalue weighted by atomic mass is 16.3. The van der Waals surface area contributed by atoms with Crippen molar-refractivity contribution in [1.29, 1.82) is 0 Å². The topological polar surface area (TPSA) is 37.3 Å². The zero-order chi connectivity index (χ0) is 11.2. The number of rotatable bonds is 0. The van der Waals surface area contributed by atoms with E-state index < -0.39 is 0 Å². The molecule has 0 radical (unpaired) electrons. The summed E-state index contributed by atoms with van der Waals surface area (Å²) in [6, 6.07) is 0. The quantitative estimate of drug-likeness (QED) is 0.601. The van der Waals surface area contributed by atoms with Gasteiger partial charge in [-0.2, -0.15) is 0 Å². The maximum atomic E-state index is 8.36. The van der Waals surface area contributed by atoms with Gasteiger partial charge in [-0.3, -0.25) is 4.79 Å². The molecule has 0 heterocycles. The highest BCUT2D eigenvalue weighted by molar-refractivity contribution is 5.32. The lowest BCUT2D eigenvalue weighted by Gasteiger charge is -2.13. The van der Waals surface area contributed by atoms with Crippen molar-refractivity contribution in [1.82, 2.24) is 0 Å². The summed E-state index contributed by atoms with van der Waals surface area (Å²) in [7, 11) is 0. The molecule has 2 heteroatoms. The summed E-state index contributed by atoms with van der Waals surface area (Å²) in [6.07, 6.45) is 10.4. The minimum absolute atomic E-state index is 0.250. The Balaban J connectivity index is 0. The molecule has 1 aliphatic rings. The van der Waals surface area contributed by atoms with Gasteiger partial charge >= 0.3 is 0 Å². The highest BCUT2D eigenvalue weighted by Gasteiger charge is 2.04. The average molecular weight is 202 g/mol. The van der Waals surface area contributed by atoms with Crippen LogP contribution in [0.5, 0.6) is 0 Å². The summed E-state index contributed by atoms with van der Waals surface area (Å²) in [4.78, 5) is 8.36. The smallest absolute Gasteiger partial charge is 0.290 e. The number of hydrogen-bond acceptors (Lipinski definition) is 1. The molecule has 0 spiro atoms. The van der Waals surface area contributed by atoms with Gasteiger partial charge in [0.1, 0.15) is 0 Å². The Bertz CT molecular complexity index is 94.5. The van der Waals surface area contributed by atoms with Crippen molar-refractivity contribution < 1.29 is 9.90 Å². The predicted octanol–water partition coefficient (Wildman–Crippen LogP) is 4.09. The van der Waals surface area contributed by atoms with Crippen LogP contribution in [0.15, 0.2) is 0 Å². The van der Waals surface area contributed by atoms with Crippen LogP contribution in [0.25, 0.3) is 0 Å². The van der Waals surface area contributed by atoms with Crippen molar-refractivity contribution in [3.05, 3.63) is 0 Å². The Morgan fingerprint density at radius 1 is 1.00 bits per heavy atom. The van der Waals surface area contributed by atoms with Crippen LogP contribution in [-0.2, 0) is 4.79 Å². The van der Waals surface area contributed by atoms with Crippen LogP contribution in [0.4, 0.5) is 0 Å². The highest BCUT2D eigenvalue weighted by Crippen LogP contribution is 2.20. The summed E-state index contributed by atoms with van der Waals surface area (Å²) < 4.78 is 0. The van der Waals surface area contributed by atoms with E-state index in [2.05, 4.69) is 6.92 Å². The zero-order valence-corrected chi connectivity index (χ0v) is 9.96. The largest absolute Gasteiger partial charge is 0.483 e. The molecule has 0 aromatic rings. The molecule has 0 aromatic heterocycles. The van der Waals surface area contributed by atoms with Gasteiger partial charge in [0.2, 0.25) is 0 Å². The molecular formula is C12H26O2. The predicted molar refractivity (Wildman–Crippen MR) is 61.5 cm³/mol. The lowest BCUT2D eigenvalue weighted by atomic mass is 9.93. The number of hydrogen-bond donors (Lipinski definition) is 1. The van der Waals surface area contributed by atoms with E-state index in [0.717, 1.165) is 5.92 Å². The standard InChI is InChI=1S/C9H18.C2H6.CH2O2/c1-9-7-5-3-2-4-6-8-9;1-2;2-1-3/h9H,2-8H2,1H3;1-2H3;1H,(H,2,3). The molecule has 14 heavy (non-hydrogen) atoms. The zero-order valence-electron chi connectivity index (χ0n) is 9.96. The van der Waals surface area contributed by atoms with Crippen molar-refractivity contribution in [2.24, 2.45) is 5.92 Å². The molecule has 1 saturated carbocycles. The Labute approximate surface area is 88.7 Å². The van der Waals surface area contributed by atoms with Crippen molar-refractivity contribution in [2.45, 2.75) is 65.7 Å². The van der Waals surface area contributed by atoms with E-state index in [9.17, 15) is 0 Å². The fraction of sp³-hybridized carbons (Fsp3) is 0.917. The fourth-order valence-corrected chi connectivity index (χ4v) is 1.66. The fourth-order valence-electron chi connectivity index (χ4n) is 1.66. The Morgan fingerprint density at radius 2 is 1.29 bits per heavy atom. The van der Waals surface area contributed by atoms with Crippen LogP contribution in [0.3, 0.4) is 0 Å². The van der Waals surface area contributed by atoms with Crippen molar-refractivity contribution >= 4 is 6.47 Å². The molecule has 0 aromatic carbocycles.